The second kappa shape index (κ2) is 9.94. The highest BCUT2D eigenvalue weighted by atomic mass is 35.5. The van der Waals surface area contributed by atoms with E-state index in [-0.39, 0.29) is 36.7 Å². The number of fused-ring (bicyclic) bond motifs is 1. The Balaban J connectivity index is 1.60. The van der Waals surface area contributed by atoms with E-state index >= 15 is 0 Å². The van der Waals surface area contributed by atoms with Gasteiger partial charge in [-0.3, -0.25) is 9.78 Å². The maximum absolute atomic E-state index is 13.3. The summed E-state index contributed by atoms with van der Waals surface area (Å²) in [5.74, 6) is 0.177. The monoisotopic (exact) mass is 474 g/mol. The summed E-state index contributed by atoms with van der Waals surface area (Å²) >= 11 is 6.06. The van der Waals surface area contributed by atoms with E-state index < -0.39 is 0 Å². The highest BCUT2D eigenvalue weighted by Gasteiger charge is 2.36. The molecule has 0 aliphatic carbocycles. The van der Waals surface area contributed by atoms with Crippen LogP contribution in [0.1, 0.15) is 42.4 Å². The Kier molecular flexibility index (Phi) is 7.02. The highest BCUT2D eigenvalue weighted by Crippen LogP contribution is 2.33. The van der Waals surface area contributed by atoms with Crippen LogP contribution in [0.5, 0.6) is 5.75 Å². The number of rotatable bonds is 8. The van der Waals surface area contributed by atoms with Crippen molar-refractivity contribution in [2.45, 2.75) is 38.5 Å². The van der Waals surface area contributed by atoms with Gasteiger partial charge in [0.05, 0.1) is 37.6 Å². The quantitative estimate of drug-likeness (QED) is 0.509. The van der Waals surface area contributed by atoms with Gasteiger partial charge >= 0.3 is 0 Å². The third kappa shape index (κ3) is 4.90. The second-order valence-electron chi connectivity index (χ2n) is 7.92. The van der Waals surface area contributed by atoms with Crippen LogP contribution in [0, 0.1) is 0 Å². The molecule has 1 amide bonds. The molecule has 2 N–H and O–H groups in total. The third-order valence-electron chi connectivity index (χ3n) is 5.70. The molecule has 176 valence electrons. The van der Waals surface area contributed by atoms with Gasteiger partial charge in [-0.25, -0.2) is 0 Å². The zero-order valence-corrected chi connectivity index (χ0v) is 19.5. The van der Waals surface area contributed by atoms with E-state index in [2.05, 4.69) is 15.3 Å². The van der Waals surface area contributed by atoms with Crippen LogP contribution in [-0.2, 0) is 4.74 Å². The predicted octanol–water partition coefficient (Wildman–Crippen LogP) is 3.67. The van der Waals surface area contributed by atoms with Crippen LogP contribution in [-0.4, -0.2) is 64.9 Å². The van der Waals surface area contributed by atoms with Crippen LogP contribution in [0.3, 0.4) is 0 Å². The number of pyridine rings is 1. The van der Waals surface area contributed by atoms with E-state index in [0.29, 0.717) is 47.0 Å². The van der Waals surface area contributed by atoms with Gasteiger partial charge in [-0.15, -0.1) is 0 Å². The number of hydrogen-bond donors (Lipinski definition) is 2. The Morgan fingerprint density at radius 1 is 1.42 bits per heavy atom. The Bertz CT molecular complexity index is 1140. The van der Waals surface area contributed by atoms with Gasteiger partial charge in [0.1, 0.15) is 5.52 Å². The van der Waals surface area contributed by atoms with Crippen molar-refractivity contribution >= 4 is 34.6 Å². The molecule has 3 aromatic rings. The first-order valence-corrected chi connectivity index (χ1v) is 11.2. The van der Waals surface area contributed by atoms with Crippen LogP contribution in [0.15, 0.2) is 34.9 Å². The van der Waals surface area contributed by atoms with Gasteiger partial charge in [-0.05, 0) is 44.5 Å². The average molecular weight is 475 g/mol. The Morgan fingerprint density at radius 3 is 2.94 bits per heavy atom. The lowest BCUT2D eigenvalue weighted by Gasteiger charge is -2.23. The molecule has 3 heterocycles. The minimum Gasteiger partial charge on any atom is -0.493 e. The van der Waals surface area contributed by atoms with E-state index in [9.17, 15) is 9.90 Å². The molecule has 1 aliphatic rings. The number of benzene rings is 1. The van der Waals surface area contributed by atoms with Crippen LogP contribution < -0.4 is 10.1 Å². The number of carbonyl (C=O) groups is 1. The number of ether oxygens (including phenoxy) is 2. The van der Waals surface area contributed by atoms with Crippen LogP contribution in [0.4, 0.5) is 6.01 Å². The number of aliphatic hydroxyl groups is 1. The molecule has 1 fully saturated rings. The van der Waals surface area contributed by atoms with E-state index in [1.165, 1.54) is 7.11 Å². The molecular weight excluding hydrogens is 448 g/mol. The number of anilines is 1. The SMILES string of the molecule is CCOC1CC(CO)N(C(=O)c2cc(OC)c3oc(NC(C)c4cc(Cl)ccn4)nc3c2)C1. The van der Waals surface area contributed by atoms with Gasteiger partial charge in [0.15, 0.2) is 11.3 Å². The number of halogens is 1. The summed E-state index contributed by atoms with van der Waals surface area (Å²) in [6.07, 6.45) is 2.14. The van der Waals surface area contributed by atoms with Crippen molar-refractivity contribution in [2.24, 2.45) is 0 Å². The molecule has 1 aromatic carbocycles. The van der Waals surface area contributed by atoms with Gasteiger partial charge < -0.3 is 29.2 Å². The van der Waals surface area contributed by atoms with E-state index in [1.54, 1.807) is 35.4 Å². The number of nitrogens with one attached hydrogen (secondary N) is 1. The Labute approximate surface area is 196 Å². The molecule has 3 unspecified atom stereocenters. The number of hydrogen-bond acceptors (Lipinski definition) is 8. The molecular formula is C23H27ClN4O5. The molecule has 0 spiro atoms. The number of oxazole rings is 1. The van der Waals surface area contributed by atoms with Crippen LogP contribution >= 0.6 is 11.6 Å². The molecule has 2 aromatic heterocycles. The number of aromatic nitrogens is 2. The van der Waals surface area contributed by atoms with Gasteiger partial charge in [-0.2, -0.15) is 4.98 Å². The predicted molar refractivity (Wildman–Crippen MR) is 124 cm³/mol. The van der Waals surface area contributed by atoms with Gasteiger partial charge in [0.2, 0.25) is 0 Å². The smallest absolute Gasteiger partial charge is 0.296 e. The van der Waals surface area contributed by atoms with Crippen molar-refractivity contribution in [1.29, 1.82) is 0 Å². The van der Waals surface area contributed by atoms with Crippen molar-refractivity contribution in [3.05, 3.63) is 46.7 Å². The van der Waals surface area contributed by atoms with E-state index in [0.717, 1.165) is 5.69 Å². The standard InChI is InChI=1S/C23H27ClN4O5/c1-4-32-17-10-16(12-29)28(11-17)22(30)14-7-19-21(20(8-14)31-3)33-23(27-19)26-13(2)18-9-15(24)5-6-25-18/h5-9,13,16-17,29H,4,10-12H2,1-3H3,(H,26,27). The molecule has 10 heteroatoms. The zero-order chi connectivity index (χ0) is 23.5. The van der Waals surface area contributed by atoms with E-state index in [1.807, 2.05) is 13.8 Å². The summed E-state index contributed by atoms with van der Waals surface area (Å²) in [4.78, 5) is 23.8. The lowest BCUT2D eigenvalue weighted by atomic mass is 10.1. The number of likely N-dealkylation sites (tertiary alicyclic amines) is 1. The lowest BCUT2D eigenvalue weighted by molar-refractivity contribution is 0.0579. The Hall–Kier alpha value is -2.88. The van der Waals surface area contributed by atoms with Crippen LogP contribution in [0.2, 0.25) is 5.02 Å². The fourth-order valence-corrected chi connectivity index (χ4v) is 4.24. The number of aliphatic hydroxyl groups excluding tert-OH is 1. The van der Waals surface area contributed by atoms with Gasteiger partial charge in [-0.1, -0.05) is 11.6 Å². The summed E-state index contributed by atoms with van der Waals surface area (Å²) in [6.45, 7) is 4.69. The first-order chi connectivity index (χ1) is 15.9. The maximum Gasteiger partial charge on any atom is 0.296 e. The largest absolute Gasteiger partial charge is 0.493 e. The number of amides is 1. The summed E-state index contributed by atoms with van der Waals surface area (Å²) in [6, 6.07) is 6.53. The minimum absolute atomic E-state index is 0.0915. The second-order valence-corrected chi connectivity index (χ2v) is 8.35. The van der Waals surface area contributed by atoms with Crippen LogP contribution in [0.25, 0.3) is 11.1 Å². The first kappa shape index (κ1) is 23.3. The summed E-state index contributed by atoms with van der Waals surface area (Å²) in [7, 11) is 1.51. The number of methoxy groups -OCH3 is 1. The molecule has 1 saturated heterocycles. The molecule has 0 saturated carbocycles. The number of carbonyl (C=O) groups excluding carboxylic acids is 1. The molecule has 33 heavy (non-hydrogen) atoms. The molecule has 0 radical (unpaired) electrons. The van der Waals surface area contributed by atoms with Crippen molar-refractivity contribution < 1.29 is 23.8 Å². The Morgan fingerprint density at radius 2 is 2.24 bits per heavy atom. The van der Waals surface area contributed by atoms with Gasteiger partial charge in [0.25, 0.3) is 11.9 Å². The molecule has 0 bridgehead atoms. The topological polar surface area (TPSA) is 110 Å². The zero-order valence-electron chi connectivity index (χ0n) is 18.7. The maximum atomic E-state index is 13.3. The average Bonchev–Trinajstić information content (AvgIpc) is 3.41. The van der Waals surface area contributed by atoms with Crippen molar-refractivity contribution in [2.75, 3.05) is 32.2 Å². The fraction of sp³-hybridized carbons (Fsp3) is 0.435. The fourth-order valence-electron chi connectivity index (χ4n) is 4.07. The third-order valence-corrected chi connectivity index (χ3v) is 5.93. The lowest BCUT2D eigenvalue weighted by Crippen LogP contribution is -2.38. The summed E-state index contributed by atoms with van der Waals surface area (Å²) in [5.41, 5.74) is 2.04. The van der Waals surface area contributed by atoms with Gasteiger partial charge in [0, 0.05) is 29.9 Å². The molecule has 3 atom stereocenters. The normalized spacial score (nSPS) is 19.1. The summed E-state index contributed by atoms with van der Waals surface area (Å²) < 4.78 is 17.0. The molecule has 4 rings (SSSR count). The summed E-state index contributed by atoms with van der Waals surface area (Å²) in [5, 5.41) is 13.5. The van der Waals surface area contributed by atoms with Crippen molar-refractivity contribution in [1.82, 2.24) is 14.9 Å². The first-order valence-electron chi connectivity index (χ1n) is 10.8. The van der Waals surface area contributed by atoms with E-state index in [4.69, 9.17) is 25.5 Å². The number of nitrogens with zero attached hydrogens (tertiary/aromatic N) is 3. The molecule has 1 aliphatic heterocycles. The highest BCUT2D eigenvalue weighted by molar-refractivity contribution is 6.30. The minimum atomic E-state index is -0.295. The molecule has 9 nitrogen and oxygen atoms in total. The van der Waals surface area contributed by atoms with Crippen molar-refractivity contribution in [3.63, 3.8) is 0 Å². The van der Waals surface area contributed by atoms with Crippen molar-refractivity contribution in [3.8, 4) is 5.75 Å².